The summed E-state index contributed by atoms with van der Waals surface area (Å²) in [6.07, 6.45) is 9.50. The summed E-state index contributed by atoms with van der Waals surface area (Å²) in [5, 5.41) is 9.94. The van der Waals surface area contributed by atoms with Gasteiger partial charge in [-0.15, -0.1) is 0 Å². The van der Waals surface area contributed by atoms with Crippen molar-refractivity contribution < 1.29 is 9.84 Å². The van der Waals surface area contributed by atoms with Gasteiger partial charge in [0.05, 0.1) is 7.11 Å². The normalized spacial score (nSPS) is 12.5. The summed E-state index contributed by atoms with van der Waals surface area (Å²) in [5.41, 5.74) is 3.61. The van der Waals surface area contributed by atoms with Crippen molar-refractivity contribution in [1.82, 2.24) is 0 Å². The minimum Gasteiger partial charge on any atom is -0.507 e. The molecule has 0 radical (unpaired) electrons. The Hall–Kier alpha value is -2.48. The summed E-state index contributed by atoms with van der Waals surface area (Å²) in [6.45, 7) is 11.7. The van der Waals surface area contributed by atoms with Crippen LogP contribution in [-0.4, -0.2) is 12.2 Å². The molecule has 2 nitrogen and oxygen atoms in total. The van der Waals surface area contributed by atoms with Gasteiger partial charge in [0.1, 0.15) is 11.5 Å². The molecule has 0 fully saturated rings. The maximum atomic E-state index is 9.94. The summed E-state index contributed by atoms with van der Waals surface area (Å²) in [4.78, 5) is 0. The van der Waals surface area contributed by atoms with Gasteiger partial charge in [-0.1, -0.05) is 43.5 Å². The average molecular weight is 282 g/mol. The molecule has 0 saturated heterocycles. The fraction of sp³-hybridized carbons (Fsp3) is 0.158. The van der Waals surface area contributed by atoms with Crippen LogP contribution >= 0.6 is 0 Å². The van der Waals surface area contributed by atoms with Gasteiger partial charge >= 0.3 is 0 Å². The largest absolute Gasteiger partial charge is 0.507 e. The number of hydrogen-bond donors (Lipinski definition) is 1. The van der Waals surface area contributed by atoms with Crippen LogP contribution in [0.1, 0.15) is 19.4 Å². The van der Waals surface area contributed by atoms with Crippen LogP contribution in [0.4, 0.5) is 0 Å². The van der Waals surface area contributed by atoms with Crippen molar-refractivity contribution in [3.05, 3.63) is 78.4 Å². The number of phenols is 1. The second-order valence-electron chi connectivity index (χ2n) is 4.71. The number of methoxy groups -OCH3 is 1. The number of hydrogen-bond acceptors (Lipinski definition) is 2. The molecule has 0 aliphatic heterocycles. The van der Waals surface area contributed by atoms with Gasteiger partial charge in [0.15, 0.2) is 0 Å². The van der Waals surface area contributed by atoms with E-state index in [9.17, 15) is 5.11 Å². The highest BCUT2D eigenvalue weighted by atomic mass is 16.5. The highest BCUT2D eigenvalue weighted by molar-refractivity contribution is 5.78. The molecule has 1 aromatic carbocycles. The van der Waals surface area contributed by atoms with Crippen LogP contribution in [-0.2, 0) is 0 Å². The van der Waals surface area contributed by atoms with Crippen molar-refractivity contribution in [2.45, 2.75) is 13.8 Å². The van der Waals surface area contributed by atoms with Crippen LogP contribution in [0.25, 0.3) is 5.57 Å². The van der Waals surface area contributed by atoms with Crippen molar-refractivity contribution in [2.24, 2.45) is 0 Å². The molecule has 21 heavy (non-hydrogen) atoms. The van der Waals surface area contributed by atoms with Crippen molar-refractivity contribution >= 4 is 5.57 Å². The van der Waals surface area contributed by atoms with E-state index in [0.29, 0.717) is 11.3 Å². The van der Waals surface area contributed by atoms with Crippen LogP contribution < -0.4 is 4.74 Å². The van der Waals surface area contributed by atoms with Crippen molar-refractivity contribution in [2.75, 3.05) is 7.11 Å². The third-order valence-electron chi connectivity index (χ3n) is 3.16. The third-order valence-corrected chi connectivity index (χ3v) is 3.16. The summed E-state index contributed by atoms with van der Waals surface area (Å²) in [6, 6.07) is 5.10. The minimum atomic E-state index is 0.193. The number of benzene rings is 1. The van der Waals surface area contributed by atoms with E-state index in [1.807, 2.05) is 38.2 Å². The molecule has 1 rings (SSSR count). The summed E-state index contributed by atoms with van der Waals surface area (Å²) in [5.74, 6) is 0.884. The molecule has 0 aliphatic carbocycles. The molecule has 0 saturated carbocycles. The van der Waals surface area contributed by atoms with Gasteiger partial charge in [0.2, 0.25) is 0 Å². The summed E-state index contributed by atoms with van der Waals surface area (Å²) >= 11 is 0. The van der Waals surface area contributed by atoms with Gasteiger partial charge in [0.25, 0.3) is 0 Å². The summed E-state index contributed by atoms with van der Waals surface area (Å²) < 4.78 is 5.18. The molecule has 0 aliphatic rings. The molecule has 2 heteroatoms. The lowest BCUT2D eigenvalue weighted by Gasteiger charge is -2.09. The fourth-order valence-corrected chi connectivity index (χ4v) is 1.76. The highest BCUT2D eigenvalue weighted by Gasteiger charge is 2.06. The van der Waals surface area contributed by atoms with E-state index in [-0.39, 0.29) is 5.75 Å². The molecule has 0 bridgehead atoms. The average Bonchev–Trinajstić information content (AvgIpc) is 2.47. The molecule has 0 heterocycles. The number of aromatic hydroxyl groups is 1. The molecule has 0 amide bonds. The Balaban J connectivity index is 3.03. The number of rotatable bonds is 6. The lowest BCUT2D eigenvalue weighted by atomic mass is 10.0. The zero-order valence-electron chi connectivity index (χ0n) is 12.9. The van der Waals surface area contributed by atoms with Crippen molar-refractivity contribution in [3.8, 4) is 11.5 Å². The maximum Gasteiger partial charge on any atom is 0.123 e. The van der Waals surface area contributed by atoms with Gasteiger partial charge < -0.3 is 9.84 Å². The van der Waals surface area contributed by atoms with Crippen LogP contribution in [0.3, 0.4) is 0 Å². The van der Waals surface area contributed by atoms with Gasteiger partial charge in [-0.25, -0.2) is 0 Å². The van der Waals surface area contributed by atoms with E-state index < -0.39 is 0 Å². The summed E-state index contributed by atoms with van der Waals surface area (Å²) in [7, 11) is 1.60. The zero-order valence-corrected chi connectivity index (χ0v) is 12.9. The monoisotopic (exact) mass is 282 g/mol. The first-order chi connectivity index (χ1) is 9.99. The van der Waals surface area contributed by atoms with E-state index in [1.54, 1.807) is 31.4 Å². The predicted octanol–water partition coefficient (Wildman–Crippen LogP) is 5.05. The van der Waals surface area contributed by atoms with E-state index in [2.05, 4.69) is 13.2 Å². The number of allylic oxidation sites excluding steroid dienone is 8. The standard InChI is InChI=1S/C19H22O2/c1-6-7-8-9-14(2)15(3)12-16(4)18-13-17(21-5)10-11-19(18)20/h6-13,20H,1,4H2,2-3,5H3/b8-7-,14-9+,15-12+. The van der Waals surface area contributed by atoms with Crippen LogP contribution in [0, 0.1) is 0 Å². The Morgan fingerprint density at radius 3 is 2.52 bits per heavy atom. The molecule has 0 aromatic heterocycles. The van der Waals surface area contributed by atoms with Gasteiger partial charge in [-0.05, 0) is 48.8 Å². The number of ether oxygens (including phenoxy) is 1. The van der Waals surface area contributed by atoms with Crippen LogP contribution in [0.5, 0.6) is 11.5 Å². The second-order valence-corrected chi connectivity index (χ2v) is 4.71. The van der Waals surface area contributed by atoms with Crippen LogP contribution in [0.15, 0.2) is 72.9 Å². The van der Waals surface area contributed by atoms with E-state index in [0.717, 1.165) is 16.7 Å². The van der Waals surface area contributed by atoms with Gasteiger partial charge in [-0.3, -0.25) is 0 Å². The van der Waals surface area contributed by atoms with Crippen molar-refractivity contribution in [1.29, 1.82) is 0 Å². The minimum absolute atomic E-state index is 0.193. The first-order valence-electron chi connectivity index (χ1n) is 6.70. The molecule has 0 spiro atoms. The lowest BCUT2D eigenvalue weighted by molar-refractivity contribution is 0.412. The van der Waals surface area contributed by atoms with Gasteiger partial charge in [0, 0.05) is 5.56 Å². The Morgan fingerprint density at radius 2 is 1.90 bits per heavy atom. The second kappa shape index (κ2) is 7.95. The fourth-order valence-electron chi connectivity index (χ4n) is 1.76. The van der Waals surface area contributed by atoms with E-state index >= 15 is 0 Å². The van der Waals surface area contributed by atoms with E-state index in [1.165, 1.54) is 0 Å². The Bertz CT molecular complexity index is 616. The van der Waals surface area contributed by atoms with Crippen molar-refractivity contribution in [3.63, 3.8) is 0 Å². The third kappa shape index (κ3) is 4.84. The number of phenolic OH excluding ortho intramolecular Hbond substituents is 1. The Labute approximate surface area is 127 Å². The lowest BCUT2D eigenvalue weighted by Crippen LogP contribution is -1.88. The molecule has 1 N–H and O–H groups in total. The first kappa shape index (κ1) is 16.6. The van der Waals surface area contributed by atoms with Gasteiger partial charge in [-0.2, -0.15) is 0 Å². The molecule has 1 aromatic rings. The Morgan fingerprint density at radius 1 is 1.19 bits per heavy atom. The Kier molecular flexibility index (Phi) is 6.28. The van der Waals surface area contributed by atoms with E-state index in [4.69, 9.17) is 4.74 Å². The molecule has 0 unspecified atom stereocenters. The van der Waals surface area contributed by atoms with Crippen LogP contribution in [0.2, 0.25) is 0 Å². The SMILES string of the molecule is C=C\C=C/C=C(C)/C(C)=C/C(=C)c1cc(OC)ccc1O. The molecular formula is C19H22O2. The maximum absolute atomic E-state index is 9.94. The topological polar surface area (TPSA) is 29.5 Å². The first-order valence-corrected chi connectivity index (χ1v) is 6.70. The predicted molar refractivity (Wildman–Crippen MR) is 90.5 cm³/mol. The zero-order chi connectivity index (χ0) is 15.8. The molecule has 110 valence electrons. The molecule has 0 atom stereocenters. The molecular weight excluding hydrogens is 260 g/mol. The highest BCUT2D eigenvalue weighted by Crippen LogP contribution is 2.30. The smallest absolute Gasteiger partial charge is 0.123 e. The quantitative estimate of drug-likeness (QED) is 0.740.